The SMILES string of the molecule is COCc1nc(N(CC(C)C)C2CCCC2)sc1C=O. The van der Waals surface area contributed by atoms with Crippen LogP contribution in [0.4, 0.5) is 5.13 Å². The lowest BCUT2D eigenvalue weighted by Gasteiger charge is -2.30. The summed E-state index contributed by atoms with van der Waals surface area (Å²) in [6.45, 7) is 5.87. The highest BCUT2D eigenvalue weighted by Gasteiger charge is 2.26. The zero-order valence-electron chi connectivity index (χ0n) is 12.6. The largest absolute Gasteiger partial charge is 0.378 e. The molecule has 1 aliphatic carbocycles. The smallest absolute Gasteiger partial charge is 0.186 e. The van der Waals surface area contributed by atoms with Crippen molar-refractivity contribution in [2.45, 2.75) is 52.2 Å². The van der Waals surface area contributed by atoms with E-state index in [2.05, 4.69) is 23.7 Å². The Balaban J connectivity index is 2.24. The molecule has 5 heteroatoms. The average molecular weight is 296 g/mol. The predicted molar refractivity (Wildman–Crippen MR) is 82.7 cm³/mol. The summed E-state index contributed by atoms with van der Waals surface area (Å²) in [6, 6.07) is 0.582. The second-order valence-corrected chi connectivity index (χ2v) is 6.85. The lowest BCUT2D eigenvalue weighted by molar-refractivity contribution is 0.112. The molecular weight excluding hydrogens is 272 g/mol. The van der Waals surface area contributed by atoms with Crippen LogP contribution in [0, 0.1) is 5.92 Å². The Morgan fingerprint density at radius 3 is 2.70 bits per heavy atom. The van der Waals surface area contributed by atoms with Gasteiger partial charge in [0.1, 0.15) is 0 Å². The van der Waals surface area contributed by atoms with Gasteiger partial charge in [-0.15, -0.1) is 0 Å². The lowest BCUT2D eigenvalue weighted by Crippen LogP contribution is -2.36. The monoisotopic (exact) mass is 296 g/mol. The fourth-order valence-corrected chi connectivity index (χ4v) is 3.76. The number of rotatable bonds is 7. The Bertz CT molecular complexity index is 439. The Labute approximate surface area is 125 Å². The highest BCUT2D eigenvalue weighted by Crippen LogP contribution is 2.33. The van der Waals surface area contributed by atoms with Crippen LogP contribution >= 0.6 is 11.3 Å². The van der Waals surface area contributed by atoms with Crippen molar-refractivity contribution < 1.29 is 9.53 Å². The number of hydrogen-bond donors (Lipinski definition) is 0. The number of methoxy groups -OCH3 is 1. The van der Waals surface area contributed by atoms with Crippen molar-refractivity contribution in [1.82, 2.24) is 4.98 Å². The number of carbonyl (C=O) groups is 1. The summed E-state index contributed by atoms with van der Waals surface area (Å²) >= 11 is 1.50. The second kappa shape index (κ2) is 7.18. The third kappa shape index (κ3) is 3.58. The minimum Gasteiger partial charge on any atom is -0.378 e. The number of ether oxygens (including phenoxy) is 1. The van der Waals surface area contributed by atoms with Crippen LogP contribution in [0.25, 0.3) is 0 Å². The maximum atomic E-state index is 11.2. The quantitative estimate of drug-likeness (QED) is 0.722. The molecule has 0 aromatic carbocycles. The van der Waals surface area contributed by atoms with E-state index in [0.29, 0.717) is 23.4 Å². The normalized spacial score (nSPS) is 16.0. The standard InChI is InChI=1S/C15H24N2O2S/c1-11(2)8-17(12-6-4-5-7-12)15-16-13(10-19-3)14(9-18)20-15/h9,11-12H,4-8,10H2,1-3H3. The highest BCUT2D eigenvalue weighted by molar-refractivity contribution is 7.17. The molecule has 0 saturated heterocycles. The zero-order chi connectivity index (χ0) is 14.5. The molecular formula is C15H24N2O2S. The molecule has 1 aromatic heterocycles. The number of aromatic nitrogens is 1. The van der Waals surface area contributed by atoms with E-state index in [0.717, 1.165) is 23.7 Å². The summed E-state index contributed by atoms with van der Waals surface area (Å²) in [4.78, 5) is 18.9. The summed E-state index contributed by atoms with van der Waals surface area (Å²) in [7, 11) is 1.64. The summed E-state index contributed by atoms with van der Waals surface area (Å²) in [5.41, 5.74) is 0.772. The van der Waals surface area contributed by atoms with Gasteiger partial charge in [0.2, 0.25) is 0 Å². The molecule has 0 N–H and O–H groups in total. The van der Waals surface area contributed by atoms with Crippen molar-refractivity contribution in [3.63, 3.8) is 0 Å². The van der Waals surface area contributed by atoms with Gasteiger partial charge < -0.3 is 9.64 Å². The van der Waals surface area contributed by atoms with Gasteiger partial charge in [0, 0.05) is 19.7 Å². The first-order chi connectivity index (χ1) is 9.65. The fraction of sp³-hybridized carbons (Fsp3) is 0.733. The number of carbonyl (C=O) groups excluding carboxylic acids is 1. The molecule has 0 atom stereocenters. The minimum absolute atomic E-state index is 0.407. The van der Waals surface area contributed by atoms with E-state index in [1.54, 1.807) is 7.11 Å². The number of anilines is 1. The van der Waals surface area contributed by atoms with Gasteiger partial charge in [-0.1, -0.05) is 38.0 Å². The molecule has 1 saturated carbocycles. The Morgan fingerprint density at radius 2 is 2.15 bits per heavy atom. The van der Waals surface area contributed by atoms with Crippen molar-refractivity contribution in [3.8, 4) is 0 Å². The first kappa shape index (κ1) is 15.4. The third-order valence-corrected chi connectivity index (χ3v) is 4.74. The van der Waals surface area contributed by atoms with Gasteiger partial charge in [0.05, 0.1) is 17.2 Å². The van der Waals surface area contributed by atoms with Crippen molar-refractivity contribution in [1.29, 1.82) is 0 Å². The second-order valence-electron chi connectivity index (χ2n) is 5.84. The minimum atomic E-state index is 0.407. The highest BCUT2D eigenvalue weighted by atomic mass is 32.1. The van der Waals surface area contributed by atoms with Crippen molar-refractivity contribution in [2.24, 2.45) is 5.92 Å². The van der Waals surface area contributed by atoms with Gasteiger partial charge in [-0.25, -0.2) is 4.98 Å². The maximum Gasteiger partial charge on any atom is 0.186 e. The number of hydrogen-bond acceptors (Lipinski definition) is 5. The molecule has 4 nitrogen and oxygen atoms in total. The molecule has 0 unspecified atom stereocenters. The summed E-state index contributed by atoms with van der Waals surface area (Å²) in [6.07, 6.45) is 5.98. The van der Waals surface area contributed by atoms with Crippen molar-refractivity contribution in [3.05, 3.63) is 10.6 Å². The first-order valence-corrected chi connectivity index (χ1v) is 8.17. The summed E-state index contributed by atoms with van der Waals surface area (Å²) in [5, 5.41) is 0.986. The van der Waals surface area contributed by atoms with E-state index in [-0.39, 0.29) is 0 Å². The number of aldehydes is 1. The maximum absolute atomic E-state index is 11.2. The molecule has 0 bridgehead atoms. The summed E-state index contributed by atoms with van der Waals surface area (Å²) < 4.78 is 5.14. The third-order valence-electron chi connectivity index (χ3n) is 3.68. The van der Waals surface area contributed by atoms with Gasteiger partial charge in [-0.3, -0.25) is 4.79 Å². The van der Waals surface area contributed by atoms with Gasteiger partial charge in [0.25, 0.3) is 0 Å². The van der Waals surface area contributed by atoms with Crippen LogP contribution in [-0.2, 0) is 11.3 Å². The summed E-state index contributed by atoms with van der Waals surface area (Å²) in [5.74, 6) is 0.588. The Kier molecular flexibility index (Phi) is 5.54. The molecule has 1 heterocycles. The van der Waals surface area contributed by atoms with Crippen LogP contribution in [0.5, 0.6) is 0 Å². The van der Waals surface area contributed by atoms with Crippen LogP contribution in [0.3, 0.4) is 0 Å². The Hall–Kier alpha value is -0.940. The number of thiazole rings is 1. The molecule has 112 valence electrons. The van der Waals surface area contributed by atoms with Gasteiger partial charge >= 0.3 is 0 Å². The van der Waals surface area contributed by atoms with Crippen LogP contribution in [0.15, 0.2) is 0 Å². The predicted octanol–water partition coefficient (Wildman–Crippen LogP) is 3.51. The van der Waals surface area contributed by atoms with Crippen LogP contribution in [-0.4, -0.2) is 31.0 Å². The van der Waals surface area contributed by atoms with Gasteiger partial charge in [0.15, 0.2) is 11.4 Å². The fourth-order valence-electron chi connectivity index (χ4n) is 2.80. The van der Waals surface area contributed by atoms with E-state index in [1.165, 1.54) is 37.0 Å². The molecule has 1 aliphatic rings. The molecule has 0 aliphatic heterocycles. The van der Waals surface area contributed by atoms with E-state index < -0.39 is 0 Å². The van der Waals surface area contributed by atoms with E-state index in [4.69, 9.17) is 4.74 Å². The lowest BCUT2D eigenvalue weighted by atomic mass is 10.1. The van der Waals surface area contributed by atoms with Crippen molar-refractivity contribution in [2.75, 3.05) is 18.6 Å². The van der Waals surface area contributed by atoms with Crippen LogP contribution in [0.1, 0.15) is 54.9 Å². The zero-order valence-corrected chi connectivity index (χ0v) is 13.4. The first-order valence-electron chi connectivity index (χ1n) is 7.36. The van der Waals surface area contributed by atoms with Crippen molar-refractivity contribution >= 4 is 22.8 Å². The molecule has 0 amide bonds. The van der Waals surface area contributed by atoms with Crippen LogP contribution in [0.2, 0.25) is 0 Å². The van der Waals surface area contributed by atoms with Crippen LogP contribution < -0.4 is 4.90 Å². The van der Waals surface area contributed by atoms with Gasteiger partial charge in [-0.05, 0) is 18.8 Å². The molecule has 0 radical (unpaired) electrons. The number of nitrogens with zero attached hydrogens (tertiary/aromatic N) is 2. The van der Waals surface area contributed by atoms with Gasteiger partial charge in [-0.2, -0.15) is 0 Å². The topological polar surface area (TPSA) is 42.4 Å². The average Bonchev–Trinajstić information content (AvgIpc) is 3.05. The molecule has 20 heavy (non-hydrogen) atoms. The molecule has 0 spiro atoms. The molecule has 1 aromatic rings. The van der Waals surface area contributed by atoms with E-state index >= 15 is 0 Å². The van der Waals surface area contributed by atoms with E-state index in [9.17, 15) is 4.79 Å². The molecule has 1 fully saturated rings. The molecule has 2 rings (SSSR count). The van der Waals surface area contributed by atoms with E-state index in [1.807, 2.05) is 0 Å². The Morgan fingerprint density at radius 1 is 1.45 bits per heavy atom.